The van der Waals surface area contributed by atoms with E-state index in [4.69, 9.17) is 4.74 Å². The van der Waals surface area contributed by atoms with E-state index in [-0.39, 0.29) is 30.4 Å². The van der Waals surface area contributed by atoms with Crippen LogP contribution in [0.1, 0.15) is 32.3 Å². The molecule has 0 saturated carbocycles. The number of hydrogen-bond donors (Lipinski definition) is 0. The number of rotatable bonds is 4. The lowest BCUT2D eigenvalue weighted by atomic mass is 10.1. The summed E-state index contributed by atoms with van der Waals surface area (Å²) in [6.07, 6.45) is 2.33. The molecule has 0 spiro atoms. The Labute approximate surface area is 119 Å². The van der Waals surface area contributed by atoms with Crippen LogP contribution in [0.25, 0.3) is 0 Å². The molecule has 20 heavy (non-hydrogen) atoms. The van der Waals surface area contributed by atoms with Crippen LogP contribution >= 0.6 is 0 Å². The number of ether oxygens (including phenoxy) is 1. The van der Waals surface area contributed by atoms with Gasteiger partial charge < -0.3 is 9.64 Å². The van der Waals surface area contributed by atoms with Crippen molar-refractivity contribution in [3.8, 4) is 0 Å². The minimum atomic E-state index is -0.307. The highest BCUT2D eigenvalue weighted by Crippen LogP contribution is 2.17. The van der Waals surface area contributed by atoms with Crippen molar-refractivity contribution in [2.24, 2.45) is 0 Å². The van der Waals surface area contributed by atoms with E-state index >= 15 is 0 Å². The largest absolute Gasteiger partial charge is 0.375 e. The summed E-state index contributed by atoms with van der Waals surface area (Å²) in [7, 11) is 0. The van der Waals surface area contributed by atoms with Gasteiger partial charge in [-0.1, -0.05) is 18.2 Å². The normalized spacial score (nSPS) is 16.7. The van der Waals surface area contributed by atoms with E-state index < -0.39 is 0 Å². The molecule has 0 bridgehead atoms. The van der Waals surface area contributed by atoms with Gasteiger partial charge >= 0.3 is 0 Å². The number of hydrogen-bond acceptors (Lipinski definition) is 2. The molecule has 0 aliphatic carbocycles. The molecule has 1 aromatic rings. The predicted molar refractivity (Wildman–Crippen MR) is 75.9 cm³/mol. The topological polar surface area (TPSA) is 29.5 Å². The molecular formula is C16H22FNO2. The van der Waals surface area contributed by atoms with Crippen molar-refractivity contribution in [1.82, 2.24) is 4.90 Å². The highest BCUT2D eigenvalue weighted by atomic mass is 19.1. The van der Waals surface area contributed by atoms with Crippen LogP contribution in [0.5, 0.6) is 0 Å². The number of benzene rings is 1. The highest BCUT2D eigenvalue weighted by molar-refractivity contribution is 5.78. The number of carbonyl (C=O) groups is 1. The van der Waals surface area contributed by atoms with E-state index in [0.29, 0.717) is 18.7 Å². The van der Waals surface area contributed by atoms with Crippen LogP contribution in [-0.2, 0) is 16.0 Å². The van der Waals surface area contributed by atoms with Gasteiger partial charge in [0.1, 0.15) is 5.82 Å². The Morgan fingerprint density at radius 1 is 1.35 bits per heavy atom. The Kier molecular flexibility index (Phi) is 5.12. The van der Waals surface area contributed by atoms with E-state index in [0.717, 1.165) is 12.8 Å². The molecule has 0 N–H and O–H groups in total. The van der Waals surface area contributed by atoms with E-state index in [1.807, 2.05) is 18.7 Å². The minimum Gasteiger partial charge on any atom is -0.375 e. The first-order chi connectivity index (χ1) is 9.56. The second-order valence-corrected chi connectivity index (χ2v) is 5.53. The van der Waals surface area contributed by atoms with E-state index in [9.17, 15) is 9.18 Å². The molecule has 0 atom stereocenters. The summed E-state index contributed by atoms with van der Waals surface area (Å²) >= 11 is 0. The molecule has 110 valence electrons. The number of likely N-dealkylation sites (tertiary alicyclic amines) is 1. The first-order valence-electron chi connectivity index (χ1n) is 7.23. The maximum atomic E-state index is 13.5. The summed E-state index contributed by atoms with van der Waals surface area (Å²) in [6, 6.07) is 6.46. The molecule has 3 nitrogen and oxygen atoms in total. The summed E-state index contributed by atoms with van der Waals surface area (Å²) in [5.74, 6) is -0.308. The monoisotopic (exact) mass is 279 g/mol. The first kappa shape index (κ1) is 15.0. The lowest BCUT2D eigenvalue weighted by molar-refractivity contribution is -0.133. The van der Waals surface area contributed by atoms with Gasteiger partial charge in [0.2, 0.25) is 5.91 Å². The molecule has 2 rings (SSSR count). The molecule has 1 aliphatic heterocycles. The average molecular weight is 279 g/mol. The molecule has 0 unspecified atom stereocenters. The number of halogens is 1. The molecular weight excluding hydrogens is 257 g/mol. The number of piperidine rings is 1. The van der Waals surface area contributed by atoms with E-state index in [1.54, 1.807) is 18.2 Å². The van der Waals surface area contributed by atoms with Crippen LogP contribution in [0.4, 0.5) is 4.39 Å². The molecule has 1 saturated heterocycles. The van der Waals surface area contributed by atoms with Crippen LogP contribution in [0.2, 0.25) is 0 Å². The third-order valence-electron chi connectivity index (χ3n) is 3.56. The highest BCUT2D eigenvalue weighted by Gasteiger charge is 2.24. The Morgan fingerprint density at radius 3 is 2.60 bits per heavy atom. The smallest absolute Gasteiger partial charge is 0.227 e. The summed E-state index contributed by atoms with van der Waals surface area (Å²) in [4.78, 5) is 14.0. The molecule has 1 aliphatic rings. The van der Waals surface area contributed by atoms with Gasteiger partial charge in [-0.25, -0.2) is 4.39 Å². The zero-order chi connectivity index (χ0) is 14.5. The fourth-order valence-electron chi connectivity index (χ4n) is 2.54. The van der Waals surface area contributed by atoms with Crippen LogP contribution in [0, 0.1) is 5.82 Å². The molecule has 0 aromatic heterocycles. The second-order valence-electron chi connectivity index (χ2n) is 5.53. The minimum absolute atomic E-state index is 0.00176. The quantitative estimate of drug-likeness (QED) is 0.848. The van der Waals surface area contributed by atoms with Crippen LogP contribution in [-0.4, -0.2) is 36.1 Å². The van der Waals surface area contributed by atoms with Gasteiger partial charge in [-0.15, -0.1) is 0 Å². The zero-order valence-corrected chi connectivity index (χ0v) is 12.1. The standard InChI is InChI=1S/C16H22FNO2/c1-12(2)20-14-7-9-18(10-8-14)16(19)11-13-5-3-4-6-15(13)17/h3-6,12,14H,7-11H2,1-2H3. The van der Waals surface area contributed by atoms with E-state index in [2.05, 4.69) is 0 Å². The van der Waals surface area contributed by atoms with Crippen molar-refractivity contribution in [2.75, 3.05) is 13.1 Å². The predicted octanol–water partition coefficient (Wildman–Crippen LogP) is 2.78. The zero-order valence-electron chi connectivity index (χ0n) is 12.1. The van der Waals surface area contributed by atoms with Crippen molar-refractivity contribution < 1.29 is 13.9 Å². The summed E-state index contributed by atoms with van der Waals surface area (Å²) in [6.45, 7) is 5.45. The van der Waals surface area contributed by atoms with Crippen molar-refractivity contribution in [2.45, 2.75) is 45.3 Å². The number of nitrogens with zero attached hydrogens (tertiary/aromatic N) is 1. The fourth-order valence-corrected chi connectivity index (χ4v) is 2.54. The molecule has 1 amide bonds. The summed E-state index contributed by atoms with van der Waals surface area (Å²) in [5, 5.41) is 0. The maximum absolute atomic E-state index is 13.5. The average Bonchev–Trinajstić information content (AvgIpc) is 2.41. The molecule has 0 radical (unpaired) electrons. The molecule has 1 heterocycles. The number of amides is 1. The van der Waals surface area contributed by atoms with Crippen LogP contribution in [0.3, 0.4) is 0 Å². The van der Waals surface area contributed by atoms with E-state index in [1.165, 1.54) is 6.07 Å². The maximum Gasteiger partial charge on any atom is 0.227 e. The van der Waals surface area contributed by atoms with Gasteiger partial charge in [-0.2, -0.15) is 0 Å². The van der Waals surface area contributed by atoms with Gasteiger partial charge in [0, 0.05) is 13.1 Å². The van der Waals surface area contributed by atoms with Gasteiger partial charge in [-0.05, 0) is 38.3 Å². The fraction of sp³-hybridized carbons (Fsp3) is 0.562. The van der Waals surface area contributed by atoms with Crippen LogP contribution in [0.15, 0.2) is 24.3 Å². The van der Waals surface area contributed by atoms with Crippen molar-refractivity contribution >= 4 is 5.91 Å². The molecule has 4 heteroatoms. The van der Waals surface area contributed by atoms with Gasteiger partial charge in [0.05, 0.1) is 18.6 Å². The molecule has 1 fully saturated rings. The Balaban J connectivity index is 1.85. The van der Waals surface area contributed by atoms with Gasteiger partial charge in [0.25, 0.3) is 0 Å². The van der Waals surface area contributed by atoms with Gasteiger partial charge in [0.15, 0.2) is 0 Å². The van der Waals surface area contributed by atoms with Crippen molar-refractivity contribution in [3.05, 3.63) is 35.6 Å². The lowest BCUT2D eigenvalue weighted by Crippen LogP contribution is -2.42. The van der Waals surface area contributed by atoms with Crippen molar-refractivity contribution in [3.63, 3.8) is 0 Å². The Hall–Kier alpha value is -1.42. The first-order valence-corrected chi connectivity index (χ1v) is 7.23. The van der Waals surface area contributed by atoms with Crippen molar-refractivity contribution in [1.29, 1.82) is 0 Å². The summed E-state index contributed by atoms with van der Waals surface area (Å²) < 4.78 is 19.3. The second kappa shape index (κ2) is 6.84. The Morgan fingerprint density at radius 2 is 2.00 bits per heavy atom. The molecule has 1 aromatic carbocycles. The summed E-state index contributed by atoms with van der Waals surface area (Å²) in [5.41, 5.74) is 0.470. The SMILES string of the molecule is CC(C)OC1CCN(C(=O)Cc2ccccc2F)CC1. The number of carbonyl (C=O) groups excluding carboxylic acids is 1. The van der Waals surface area contributed by atoms with Crippen LogP contribution < -0.4 is 0 Å². The van der Waals surface area contributed by atoms with Gasteiger partial charge in [-0.3, -0.25) is 4.79 Å². The lowest BCUT2D eigenvalue weighted by Gasteiger charge is -2.33. The third-order valence-corrected chi connectivity index (χ3v) is 3.56. The third kappa shape index (κ3) is 4.04. The Bertz CT molecular complexity index is 454.